The molecule has 3 rings (SSSR count). The van der Waals surface area contributed by atoms with E-state index >= 15 is 0 Å². The van der Waals surface area contributed by atoms with Gasteiger partial charge in [0.05, 0.1) is 19.8 Å². The molecular formula is C20H22FNO3. The van der Waals surface area contributed by atoms with Crippen LogP contribution < -0.4 is 4.74 Å². The molecule has 0 heterocycles. The number of ether oxygens (including phenoxy) is 1. The zero-order valence-electron chi connectivity index (χ0n) is 14.4. The summed E-state index contributed by atoms with van der Waals surface area (Å²) in [6.07, 6.45) is 1.04. The van der Waals surface area contributed by atoms with Crippen LogP contribution in [0.15, 0.2) is 42.5 Å². The third-order valence-corrected chi connectivity index (χ3v) is 4.54. The fraction of sp³-hybridized carbons (Fsp3) is 0.350. The zero-order chi connectivity index (χ0) is 18.0. The van der Waals surface area contributed by atoms with Crippen LogP contribution in [0.2, 0.25) is 0 Å². The Kier molecular flexibility index (Phi) is 5.04. The number of methoxy groups -OCH3 is 1. The number of nitrogens with zero attached hydrogens (tertiary/aromatic N) is 1. The van der Waals surface area contributed by atoms with Gasteiger partial charge in [-0.3, -0.25) is 4.79 Å². The number of amides is 1. The van der Waals surface area contributed by atoms with Crippen molar-refractivity contribution in [1.29, 1.82) is 0 Å². The Labute approximate surface area is 146 Å². The molecular weight excluding hydrogens is 321 g/mol. The lowest BCUT2D eigenvalue weighted by Crippen LogP contribution is -2.37. The molecule has 1 aliphatic rings. The summed E-state index contributed by atoms with van der Waals surface area (Å²) < 4.78 is 18.2. The summed E-state index contributed by atoms with van der Waals surface area (Å²) in [7, 11) is 1.59. The van der Waals surface area contributed by atoms with E-state index in [9.17, 15) is 14.3 Å². The largest absolute Gasteiger partial charge is 0.497 e. The van der Waals surface area contributed by atoms with Crippen molar-refractivity contribution < 1.29 is 19.0 Å². The average molecular weight is 343 g/mol. The maximum atomic E-state index is 13.1. The average Bonchev–Trinajstić information content (AvgIpc) is 3.44. The lowest BCUT2D eigenvalue weighted by atomic mass is 10.1. The van der Waals surface area contributed by atoms with Crippen LogP contribution >= 0.6 is 0 Å². The molecule has 0 aliphatic heterocycles. The third kappa shape index (κ3) is 3.99. The van der Waals surface area contributed by atoms with Crippen molar-refractivity contribution in [2.45, 2.75) is 31.9 Å². The number of halogens is 1. The summed E-state index contributed by atoms with van der Waals surface area (Å²) in [4.78, 5) is 14.7. The minimum atomic E-state index is -0.844. The van der Waals surface area contributed by atoms with E-state index < -0.39 is 6.10 Å². The number of carbonyl (C=O) groups is 1. The second-order valence-electron chi connectivity index (χ2n) is 6.44. The van der Waals surface area contributed by atoms with E-state index in [-0.39, 0.29) is 24.3 Å². The molecule has 1 N–H and O–H groups in total. The van der Waals surface area contributed by atoms with E-state index in [1.807, 2.05) is 13.0 Å². The minimum absolute atomic E-state index is 0.0937. The van der Waals surface area contributed by atoms with Gasteiger partial charge in [-0.05, 0) is 61.2 Å². The summed E-state index contributed by atoms with van der Waals surface area (Å²) in [5, 5.41) is 10.5. The van der Waals surface area contributed by atoms with Gasteiger partial charge >= 0.3 is 0 Å². The number of benzene rings is 2. The third-order valence-electron chi connectivity index (χ3n) is 4.54. The van der Waals surface area contributed by atoms with Gasteiger partial charge in [0.15, 0.2) is 0 Å². The van der Waals surface area contributed by atoms with Crippen LogP contribution in [0.1, 0.15) is 40.4 Å². The van der Waals surface area contributed by atoms with Gasteiger partial charge in [-0.2, -0.15) is 0 Å². The Morgan fingerprint density at radius 2 is 1.96 bits per heavy atom. The SMILES string of the molecule is COc1ccc(C(=O)N(CC(O)c2ccc(F)cc2)C2CC2)c(C)c1. The van der Waals surface area contributed by atoms with Crippen LogP contribution in [-0.2, 0) is 0 Å². The second kappa shape index (κ2) is 7.23. The zero-order valence-corrected chi connectivity index (χ0v) is 14.4. The van der Waals surface area contributed by atoms with Gasteiger partial charge in [0.2, 0.25) is 0 Å². The summed E-state index contributed by atoms with van der Waals surface area (Å²) in [5.74, 6) is 0.266. The minimum Gasteiger partial charge on any atom is -0.497 e. The maximum Gasteiger partial charge on any atom is 0.254 e. The lowest BCUT2D eigenvalue weighted by Gasteiger charge is -2.26. The number of hydrogen-bond acceptors (Lipinski definition) is 3. The van der Waals surface area contributed by atoms with Gasteiger partial charge in [0, 0.05) is 11.6 Å². The molecule has 5 heteroatoms. The molecule has 4 nitrogen and oxygen atoms in total. The van der Waals surface area contributed by atoms with Gasteiger partial charge in [0.25, 0.3) is 5.91 Å². The van der Waals surface area contributed by atoms with Gasteiger partial charge in [0.1, 0.15) is 11.6 Å². The van der Waals surface area contributed by atoms with Crippen LogP contribution in [0.3, 0.4) is 0 Å². The number of rotatable bonds is 6. The number of hydrogen-bond donors (Lipinski definition) is 1. The molecule has 1 saturated carbocycles. The highest BCUT2D eigenvalue weighted by molar-refractivity contribution is 5.96. The van der Waals surface area contributed by atoms with E-state index in [1.54, 1.807) is 36.3 Å². The van der Waals surface area contributed by atoms with Crippen molar-refractivity contribution >= 4 is 5.91 Å². The molecule has 0 bridgehead atoms. The van der Waals surface area contributed by atoms with E-state index in [0.717, 1.165) is 18.4 Å². The molecule has 132 valence electrons. The Balaban J connectivity index is 1.79. The second-order valence-corrected chi connectivity index (χ2v) is 6.44. The van der Waals surface area contributed by atoms with Crippen molar-refractivity contribution in [2.24, 2.45) is 0 Å². The quantitative estimate of drug-likeness (QED) is 0.874. The first-order chi connectivity index (χ1) is 12.0. The summed E-state index contributed by atoms with van der Waals surface area (Å²) in [6, 6.07) is 11.2. The highest BCUT2D eigenvalue weighted by Gasteiger charge is 2.35. The van der Waals surface area contributed by atoms with Crippen LogP contribution in [0.25, 0.3) is 0 Å². The first-order valence-electron chi connectivity index (χ1n) is 8.38. The summed E-state index contributed by atoms with van der Waals surface area (Å²) in [6.45, 7) is 2.07. The Hall–Kier alpha value is -2.40. The maximum absolute atomic E-state index is 13.1. The number of carbonyl (C=O) groups excluding carboxylic acids is 1. The smallest absolute Gasteiger partial charge is 0.254 e. The van der Waals surface area contributed by atoms with Crippen molar-refractivity contribution in [3.05, 3.63) is 65.0 Å². The number of aliphatic hydroxyl groups is 1. The van der Waals surface area contributed by atoms with Crippen molar-refractivity contribution in [3.63, 3.8) is 0 Å². The predicted octanol–water partition coefficient (Wildman–Crippen LogP) is 3.48. The molecule has 0 spiro atoms. The standard InChI is InChI=1S/C20H22FNO3/c1-13-11-17(25-2)9-10-18(13)20(24)22(16-7-8-16)12-19(23)14-3-5-15(21)6-4-14/h3-6,9-11,16,19,23H,7-8,12H2,1-2H3. The predicted molar refractivity (Wildman–Crippen MR) is 93.1 cm³/mol. The molecule has 0 saturated heterocycles. The highest BCUT2D eigenvalue weighted by atomic mass is 19.1. The lowest BCUT2D eigenvalue weighted by molar-refractivity contribution is 0.0602. The fourth-order valence-electron chi connectivity index (χ4n) is 2.92. The van der Waals surface area contributed by atoms with E-state index in [4.69, 9.17) is 4.74 Å². The van der Waals surface area contributed by atoms with E-state index in [1.165, 1.54) is 12.1 Å². The first kappa shape index (κ1) is 17.4. The molecule has 2 aromatic rings. The van der Waals surface area contributed by atoms with Crippen molar-refractivity contribution in [3.8, 4) is 5.75 Å². The molecule has 0 aromatic heterocycles. The van der Waals surface area contributed by atoms with Gasteiger partial charge < -0.3 is 14.7 Å². The normalized spacial score (nSPS) is 14.9. The fourth-order valence-corrected chi connectivity index (χ4v) is 2.92. The Morgan fingerprint density at radius 3 is 2.52 bits per heavy atom. The monoisotopic (exact) mass is 343 g/mol. The van der Waals surface area contributed by atoms with Crippen LogP contribution in [0, 0.1) is 12.7 Å². The van der Waals surface area contributed by atoms with Crippen LogP contribution in [0.5, 0.6) is 5.75 Å². The number of aryl methyl sites for hydroxylation is 1. The molecule has 25 heavy (non-hydrogen) atoms. The molecule has 1 atom stereocenters. The Bertz CT molecular complexity index is 756. The van der Waals surface area contributed by atoms with Crippen LogP contribution in [-0.4, -0.2) is 35.6 Å². The highest BCUT2D eigenvalue weighted by Crippen LogP contribution is 2.31. The molecule has 1 fully saturated rings. The molecule has 1 aliphatic carbocycles. The van der Waals surface area contributed by atoms with Gasteiger partial charge in [-0.15, -0.1) is 0 Å². The van der Waals surface area contributed by atoms with E-state index in [0.29, 0.717) is 16.9 Å². The van der Waals surface area contributed by atoms with Crippen LogP contribution in [0.4, 0.5) is 4.39 Å². The van der Waals surface area contributed by atoms with E-state index in [2.05, 4.69) is 0 Å². The molecule has 0 radical (unpaired) electrons. The van der Waals surface area contributed by atoms with Gasteiger partial charge in [-0.1, -0.05) is 12.1 Å². The number of aliphatic hydroxyl groups excluding tert-OH is 1. The molecule has 2 aromatic carbocycles. The first-order valence-corrected chi connectivity index (χ1v) is 8.38. The molecule has 1 amide bonds. The van der Waals surface area contributed by atoms with Gasteiger partial charge in [-0.25, -0.2) is 4.39 Å². The summed E-state index contributed by atoms with van der Waals surface area (Å²) >= 11 is 0. The van der Waals surface area contributed by atoms with Crippen molar-refractivity contribution in [1.82, 2.24) is 4.90 Å². The van der Waals surface area contributed by atoms with Crippen molar-refractivity contribution in [2.75, 3.05) is 13.7 Å². The molecule has 1 unspecified atom stereocenters. The Morgan fingerprint density at radius 1 is 1.28 bits per heavy atom. The topological polar surface area (TPSA) is 49.8 Å². The summed E-state index contributed by atoms with van der Waals surface area (Å²) in [5.41, 5.74) is 2.05.